The molecule has 0 radical (unpaired) electrons. The summed E-state index contributed by atoms with van der Waals surface area (Å²) in [6.07, 6.45) is 1.28. The zero-order chi connectivity index (χ0) is 15.9. The first kappa shape index (κ1) is 16.2. The Labute approximate surface area is 136 Å². The van der Waals surface area contributed by atoms with E-state index in [1.54, 1.807) is 25.1 Å². The number of hydrazone groups is 1. The van der Waals surface area contributed by atoms with Crippen LogP contribution in [-0.4, -0.2) is 18.2 Å². The highest BCUT2D eigenvalue weighted by Crippen LogP contribution is 2.14. The average molecular weight is 364 g/mol. The summed E-state index contributed by atoms with van der Waals surface area (Å²) in [4.78, 5) is 11.9. The van der Waals surface area contributed by atoms with Crippen molar-refractivity contribution < 1.29 is 9.18 Å². The summed E-state index contributed by atoms with van der Waals surface area (Å²) in [5.74, 6) is -0.697. The summed E-state index contributed by atoms with van der Waals surface area (Å²) in [5, 5.41) is 6.82. The molecule has 2 aromatic carbocycles. The van der Waals surface area contributed by atoms with Crippen molar-refractivity contribution in [2.45, 2.75) is 13.0 Å². The zero-order valence-electron chi connectivity index (χ0n) is 11.9. The van der Waals surface area contributed by atoms with Gasteiger partial charge in [-0.15, -0.1) is 0 Å². The van der Waals surface area contributed by atoms with Gasteiger partial charge in [-0.05, 0) is 37.3 Å². The lowest BCUT2D eigenvalue weighted by Gasteiger charge is -2.13. The Kier molecular flexibility index (Phi) is 5.66. The first-order valence-electron chi connectivity index (χ1n) is 6.66. The lowest BCUT2D eigenvalue weighted by atomic mass is 10.2. The molecule has 1 amide bonds. The Bertz CT molecular complexity index is 673. The van der Waals surface area contributed by atoms with Crippen LogP contribution in [0.15, 0.2) is 58.1 Å². The molecule has 0 heterocycles. The van der Waals surface area contributed by atoms with Gasteiger partial charge >= 0.3 is 0 Å². The van der Waals surface area contributed by atoms with E-state index in [4.69, 9.17) is 0 Å². The Hall–Kier alpha value is -2.21. The second-order valence-electron chi connectivity index (χ2n) is 4.63. The smallest absolute Gasteiger partial charge is 0.262 e. The van der Waals surface area contributed by atoms with E-state index in [1.165, 1.54) is 12.3 Å². The van der Waals surface area contributed by atoms with Crippen LogP contribution in [0.25, 0.3) is 0 Å². The van der Waals surface area contributed by atoms with Gasteiger partial charge in [-0.2, -0.15) is 5.10 Å². The molecule has 0 saturated carbocycles. The maximum absolute atomic E-state index is 13.4. The van der Waals surface area contributed by atoms with E-state index in [0.29, 0.717) is 5.56 Å². The van der Waals surface area contributed by atoms with Gasteiger partial charge in [0.25, 0.3) is 5.91 Å². The summed E-state index contributed by atoms with van der Waals surface area (Å²) in [5.41, 5.74) is 3.52. The predicted molar refractivity (Wildman–Crippen MR) is 89.4 cm³/mol. The van der Waals surface area contributed by atoms with Crippen LogP contribution >= 0.6 is 15.9 Å². The van der Waals surface area contributed by atoms with Crippen molar-refractivity contribution in [1.82, 2.24) is 5.43 Å². The van der Waals surface area contributed by atoms with Gasteiger partial charge in [0, 0.05) is 15.7 Å². The van der Waals surface area contributed by atoms with Crippen molar-refractivity contribution in [3.8, 4) is 0 Å². The minimum Gasteiger partial charge on any atom is -0.374 e. The van der Waals surface area contributed by atoms with Crippen LogP contribution in [0.2, 0.25) is 0 Å². The number of halogens is 2. The van der Waals surface area contributed by atoms with Crippen LogP contribution in [0.4, 0.5) is 10.1 Å². The molecule has 0 aromatic heterocycles. The molecular weight excluding hydrogens is 349 g/mol. The molecule has 1 atom stereocenters. The molecule has 0 aliphatic carbocycles. The number of nitrogens with zero attached hydrogens (tertiary/aromatic N) is 1. The lowest BCUT2D eigenvalue weighted by molar-refractivity contribution is -0.121. The number of rotatable bonds is 5. The minimum atomic E-state index is -0.473. The van der Waals surface area contributed by atoms with Gasteiger partial charge in [0.05, 0.1) is 6.21 Å². The number of carbonyl (C=O) groups is 1. The van der Waals surface area contributed by atoms with Crippen molar-refractivity contribution >= 4 is 33.7 Å². The Balaban J connectivity index is 1.89. The number of anilines is 1. The topological polar surface area (TPSA) is 53.5 Å². The summed E-state index contributed by atoms with van der Waals surface area (Å²) in [6, 6.07) is 13.2. The van der Waals surface area contributed by atoms with E-state index in [9.17, 15) is 9.18 Å². The molecule has 0 spiro atoms. The fraction of sp³-hybridized carbons (Fsp3) is 0.125. The van der Waals surface area contributed by atoms with E-state index >= 15 is 0 Å². The van der Waals surface area contributed by atoms with Gasteiger partial charge in [0.1, 0.15) is 11.9 Å². The van der Waals surface area contributed by atoms with E-state index in [1.807, 2.05) is 24.3 Å². The highest BCUT2D eigenvalue weighted by Gasteiger charge is 2.11. The summed E-state index contributed by atoms with van der Waals surface area (Å²) in [6.45, 7) is 1.72. The molecular formula is C16H15BrFN3O. The first-order chi connectivity index (χ1) is 10.6. The molecule has 0 bridgehead atoms. The van der Waals surface area contributed by atoms with Crippen molar-refractivity contribution in [3.05, 3.63) is 64.4 Å². The maximum Gasteiger partial charge on any atom is 0.262 e. The second kappa shape index (κ2) is 7.70. The van der Waals surface area contributed by atoms with Crippen molar-refractivity contribution in [2.75, 3.05) is 5.32 Å². The van der Waals surface area contributed by atoms with E-state index in [0.717, 1.165) is 10.2 Å². The third kappa shape index (κ3) is 4.66. The molecule has 0 saturated heterocycles. The van der Waals surface area contributed by atoms with E-state index in [-0.39, 0.29) is 11.7 Å². The molecule has 0 aliphatic rings. The molecule has 2 rings (SSSR count). The minimum absolute atomic E-state index is 0.310. The Morgan fingerprint density at radius 3 is 2.59 bits per heavy atom. The number of hydrogen-bond acceptors (Lipinski definition) is 3. The van der Waals surface area contributed by atoms with Gasteiger partial charge in [-0.25, -0.2) is 9.82 Å². The van der Waals surface area contributed by atoms with E-state index in [2.05, 4.69) is 31.8 Å². The lowest BCUT2D eigenvalue weighted by Crippen LogP contribution is -2.34. The standard InChI is InChI=1S/C16H15BrFN3O/c1-11(20-14-8-6-13(17)7-9-14)16(22)21-19-10-12-4-2-3-5-15(12)18/h2-11,20H,1H3,(H,21,22)/b19-10-/t11-/m0/s1. The molecule has 2 N–H and O–H groups in total. The van der Waals surface area contributed by atoms with Crippen LogP contribution in [-0.2, 0) is 4.79 Å². The SMILES string of the molecule is C[C@H](Nc1ccc(Br)cc1)C(=O)N/N=C\c1ccccc1F. The molecule has 0 fully saturated rings. The fourth-order valence-corrected chi connectivity index (χ4v) is 1.97. The Morgan fingerprint density at radius 2 is 1.91 bits per heavy atom. The largest absolute Gasteiger partial charge is 0.374 e. The quantitative estimate of drug-likeness (QED) is 0.630. The van der Waals surface area contributed by atoms with Crippen molar-refractivity contribution in [2.24, 2.45) is 5.10 Å². The normalized spacial score (nSPS) is 12.1. The van der Waals surface area contributed by atoms with Gasteiger partial charge in [0.15, 0.2) is 0 Å². The number of nitrogens with one attached hydrogen (secondary N) is 2. The van der Waals surface area contributed by atoms with Gasteiger partial charge < -0.3 is 5.32 Å². The van der Waals surface area contributed by atoms with Gasteiger partial charge in [0.2, 0.25) is 0 Å². The second-order valence-corrected chi connectivity index (χ2v) is 5.54. The van der Waals surface area contributed by atoms with Crippen LogP contribution in [0, 0.1) is 5.82 Å². The highest BCUT2D eigenvalue weighted by atomic mass is 79.9. The number of hydrogen-bond donors (Lipinski definition) is 2. The third-order valence-electron chi connectivity index (χ3n) is 2.90. The molecule has 114 valence electrons. The fourth-order valence-electron chi connectivity index (χ4n) is 1.70. The average Bonchev–Trinajstić information content (AvgIpc) is 2.51. The molecule has 6 heteroatoms. The van der Waals surface area contributed by atoms with Crippen LogP contribution in [0.3, 0.4) is 0 Å². The summed E-state index contributed by atoms with van der Waals surface area (Å²) >= 11 is 3.35. The van der Waals surface area contributed by atoms with Crippen molar-refractivity contribution in [3.63, 3.8) is 0 Å². The predicted octanol–water partition coefficient (Wildman–Crippen LogP) is 3.54. The summed E-state index contributed by atoms with van der Waals surface area (Å²) < 4.78 is 14.3. The van der Waals surface area contributed by atoms with Crippen LogP contribution < -0.4 is 10.7 Å². The first-order valence-corrected chi connectivity index (χ1v) is 7.45. The molecule has 0 aliphatic heterocycles. The summed E-state index contributed by atoms with van der Waals surface area (Å²) in [7, 11) is 0. The highest BCUT2D eigenvalue weighted by molar-refractivity contribution is 9.10. The molecule has 22 heavy (non-hydrogen) atoms. The molecule has 2 aromatic rings. The van der Waals surface area contributed by atoms with Crippen LogP contribution in [0.5, 0.6) is 0 Å². The van der Waals surface area contributed by atoms with Gasteiger partial charge in [-0.3, -0.25) is 4.79 Å². The monoisotopic (exact) mass is 363 g/mol. The van der Waals surface area contributed by atoms with Crippen LogP contribution in [0.1, 0.15) is 12.5 Å². The molecule has 4 nitrogen and oxygen atoms in total. The third-order valence-corrected chi connectivity index (χ3v) is 3.43. The Morgan fingerprint density at radius 1 is 1.23 bits per heavy atom. The van der Waals surface area contributed by atoms with Crippen molar-refractivity contribution in [1.29, 1.82) is 0 Å². The van der Waals surface area contributed by atoms with E-state index < -0.39 is 6.04 Å². The maximum atomic E-state index is 13.4. The number of benzene rings is 2. The zero-order valence-corrected chi connectivity index (χ0v) is 13.5. The number of amides is 1. The molecule has 0 unspecified atom stereocenters. The number of carbonyl (C=O) groups excluding carboxylic acids is 1. The van der Waals surface area contributed by atoms with Gasteiger partial charge in [-0.1, -0.05) is 34.1 Å².